The van der Waals surface area contributed by atoms with Crippen LogP contribution < -0.4 is 0 Å². The van der Waals surface area contributed by atoms with Crippen molar-refractivity contribution in [1.29, 1.82) is 0 Å². The molecule has 0 radical (unpaired) electrons. The summed E-state index contributed by atoms with van der Waals surface area (Å²) in [4.78, 5) is 11.9. The van der Waals surface area contributed by atoms with Gasteiger partial charge in [0.25, 0.3) is 0 Å². The molecule has 0 N–H and O–H groups in total. The molecule has 1 aliphatic rings. The minimum atomic E-state index is -3.57. The highest BCUT2D eigenvalue weighted by atomic mass is 32.2. The topological polar surface area (TPSA) is 60.4 Å². The molecule has 92 valence electrons. The fourth-order valence-corrected chi connectivity index (χ4v) is 3.70. The molecule has 1 aromatic rings. The van der Waals surface area contributed by atoms with Gasteiger partial charge in [0.1, 0.15) is 11.9 Å². The van der Waals surface area contributed by atoms with Crippen LogP contribution in [0.1, 0.15) is 13.3 Å². The van der Waals surface area contributed by atoms with Crippen LogP contribution in [-0.4, -0.2) is 32.2 Å². The average Bonchev–Trinajstić information content (AvgIpc) is 2.33. The van der Waals surface area contributed by atoms with Crippen LogP contribution >= 0.6 is 0 Å². The third kappa shape index (κ3) is 2.40. The van der Waals surface area contributed by atoms with Crippen molar-refractivity contribution in [1.82, 2.24) is 0 Å². The van der Waals surface area contributed by atoms with Gasteiger partial charge in [0.05, 0.1) is 11.0 Å². The number of ketones is 1. The molecule has 0 aromatic heterocycles. The van der Waals surface area contributed by atoms with Gasteiger partial charge in [-0.1, -0.05) is 18.2 Å². The quantitative estimate of drug-likeness (QED) is 0.796. The SMILES string of the molecule is CC1CC(S(=O)(=O)c2ccccc2)C(=O)CO1. The molecule has 4 nitrogen and oxygen atoms in total. The van der Waals surface area contributed by atoms with Crippen LogP contribution in [0.3, 0.4) is 0 Å². The van der Waals surface area contributed by atoms with Gasteiger partial charge < -0.3 is 4.74 Å². The molecule has 2 unspecified atom stereocenters. The lowest BCUT2D eigenvalue weighted by Gasteiger charge is -2.25. The second-order valence-corrected chi connectivity index (χ2v) is 6.30. The number of Topliss-reactive ketones (excluding diaryl/α,β-unsaturated/α-hetero) is 1. The van der Waals surface area contributed by atoms with E-state index >= 15 is 0 Å². The molecule has 17 heavy (non-hydrogen) atoms. The number of hydrogen-bond donors (Lipinski definition) is 0. The molecule has 1 heterocycles. The zero-order valence-electron chi connectivity index (χ0n) is 9.50. The number of carbonyl (C=O) groups excluding carboxylic acids is 1. The summed E-state index contributed by atoms with van der Waals surface area (Å²) in [6, 6.07) is 8.08. The second-order valence-electron chi connectivity index (χ2n) is 4.17. The summed E-state index contributed by atoms with van der Waals surface area (Å²) in [5, 5.41) is -0.964. The van der Waals surface area contributed by atoms with Gasteiger partial charge in [0.15, 0.2) is 15.6 Å². The summed E-state index contributed by atoms with van der Waals surface area (Å²) >= 11 is 0. The number of sulfone groups is 1. The van der Waals surface area contributed by atoms with Crippen LogP contribution in [0.5, 0.6) is 0 Å². The summed E-state index contributed by atoms with van der Waals surface area (Å²) in [6.45, 7) is 1.66. The second kappa shape index (κ2) is 4.58. The Morgan fingerprint density at radius 2 is 1.88 bits per heavy atom. The van der Waals surface area contributed by atoms with Gasteiger partial charge in [-0.3, -0.25) is 4.79 Å². The molecule has 2 atom stereocenters. The fraction of sp³-hybridized carbons (Fsp3) is 0.417. The molecule has 0 saturated carbocycles. The smallest absolute Gasteiger partial charge is 0.188 e. The molecule has 0 bridgehead atoms. The van der Waals surface area contributed by atoms with Crippen LogP contribution in [-0.2, 0) is 19.4 Å². The summed E-state index contributed by atoms with van der Waals surface area (Å²) < 4.78 is 29.7. The highest BCUT2D eigenvalue weighted by Crippen LogP contribution is 2.24. The Hall–Kier alpha value is -1.20. The number of hydrogen-bond acceptors (Lipinski definition) is 4. The molecule has 1 fully saturated rings. The van der Waals surface area contributed by atoms with Gasteiger partial charge in [-0.25, -0.2) is 8.42 Å². The first-order chi connectivity index (χ1) is 8.01. The van der Waals surface area contributed by atoms with Crippen LogP contribution in [0.15, 0.2) is 35.2 Å². The van der Waals surface area contributed by atoms with Crippen LogP contribution in [0, 0.1) is 0 Å². The largest absolute Gasteiger partial charge is 0.371 e. The molecule has 0 amide bonds. The van der Waals surface area contributed by atoms with E-state index in [9.17, 15) is 13.2 Å². The van der Waals surface area contributed by atoms with E-state index < -0.39 is 15.1 Å². The minimum absolute atomic E-state index is 0.113. The predicted molar refractivity (Wildman–Crippen MR) is 62.5 cm³/mol. The maximum atomic E-state index is 12.3. The Bertz CT molecular complexity index is 507. The summed E-state index contributed by atoms with van der Waals surface area (Å²) in [6.07, 6.45) is 0.0342. The van der Waals surface area contributed by atoms with Crippen LogP contribution in [0.25, 0.3) is 0 Å². The molecule has 0 spiro atoms. The average molecular weight is 254 g/mol. The van der Waals surface area contributed by atoms with Crippen molar-refractivity contribution in [3.8, 4) is 0 Å². The van der Waals surface area contributed by atoms with E-state index in [0.717, 1.165) is 0 Å². The summed E-state index contributed by atoms with van der Waals surface area (Å²) in [5.74, 6) is -0.355. The van der Waals surface area contributed by atoms with Crippen molar-refractivity contribution in [3.63, 3.8) is 0 Å². The van der Waals surface area contributed by atoms with Crippen molar-refractivity contribution in [3.05, 3.63) is 30.3 Å². The molecule has 2 rings (SSSR count). The van der Waals surface area contributed by atoms with Crippen LogP contribution in [0.2, 0.25) is 0 Å². The molecular weight excluding hydrogens is 240 g/mol. The number of ether oxygens (including phenoxy) is 1. The summed E-state index contributed by atoms with van der Waals surface area (Å²) in [7, 11) is -3.57. The number of carbonyl (C=O) groups is 1. The van der Waals surface area contributed by atoms with E-state index in [0.29, 0.717) is 0 Å². The van der Waals surface area contributed by atoms with Gasteiger partial charge in [-0.05, 0) is 25.5 Å². The lowest BCUT2D eigenvalue weighted by atomic mass is 10.1. The van der Waals surface area contributed by atoms with Gasteiger partial charge in [-0.15, -0.1) is 0 Å². The van der Waals surface area contributed by atoms with Gasteiger partial charge in [-0.2, -0.15) is 0 Å². The Morgan fingerprint density at radius 3 is 2.53 bits per heavy atom. The molecule has 5 heteroatoms. The highest BCUT2D eigenvalue weighted by Gasteiger charge is 2.38. The third-order valence-electron chi connectivity index (χ3n) is 2.86. The third-order valence-corrected chi connectivity index (χ3v) is 5.00. The Balaban J connectivity index is 2.35. The fourth-order valence-electron chi connectivity index (χ4n) is 1.89. The molecule has 1 aliphatic heterocycles. The lowest BCUT2D eigenvalue weighted by molar-refractivity contribution is -0.129. The molecule has 0 aliphatic carbocycles. The van der Waals surface area contributed by atoms with Crippen molar-refractivity contribution in [2.75, 3.05) is 6.61 Å². The summed E-state index contributed by atoms with van der Waals surface area (Å²) in [5.41, 5.74) is 0. The van der Waals surface area contributed by atoms with Gasteiger partial charge >= 0.3 is 0 Å². The normalized spacial score (nSPS) is 25.8. The zero-order chi connectivity index (χ0) is 12.5. The van der Waals surface area contributed by atoms with E-state index in [1.54, 1.807) is 25.1 Å². The first-order valence-corrected chi connectivity index (χ1v) is 6.99. The monoisotopic (exact) mass is 254 g/mol. The minimum Gasteiger partial charge on any atom is -0.371 e. The van der Waals surface area contributed by atoms with E-state index in [1.807, 2.05) is 0 Å². The van der Waals surface area contributed by atoms with E-state index in [-0.39, 0.29) is 29.8 Å². The van der Waals surface area contributed by atoms with E-state index in [1.165, 1.54) is 12.1 Å². The first kappa shape index (κ1) is 12.3. The Morgan fingerprint density at radius 1 is 1.24 bits per heavy atom. The van der Waals surface area contributed by atoms with Crippen molar-refractivity contribution in [2.24, 2.45) is 0 Å². The number of benzene rings is 1. The maximum absolute atomic E-state index is 12.3. The lowest BCUT2D eigenvalue weighted by Crippen LogP contribution is -2.41. The maximum Gasteiger partial charge on any atom is 0.188 e. The standard InChI is InChI=1S/C12H14O4S/c1-9-7-12(11(13)8-16-9)17(14,15)10-5-3-2-4-6-10/h2-6,9,12H,7-8H2,1H3. The van der Waals surface area contributed by atoms with Gasteiger partial charge in [0, 0.05) is 0 Å². The Kier molecular flexibility index (Phi) is 3.31. The Labute approximate surface area is 101 Å². The van der Waals surface area contributed by atoms with Crippen molar-refractivity contribution >= 4 is 15.6 Å². The van der Waals surface area contributed by atoms with Crippen molar-refractivity contribution in [2.45, 2.75) is 29.6 Å². The molecular formula is C12H14O4S. The predicted octanol–water partition coefficient (Wildman–Crippen LogP) is 1.21. The molecule has 1 aromatic carbocycles. The first-order valence-electron chi connectivity index (χ1n) is 5.45. The zero-order valence-corrected chi connectivity index (χ0v) is 10.3. The van der Waals surface area contributed by atoms with Crippen LogP contribution in [0.4, 0.5) is 0 Å². The number of rotatable bonds is 2. The molecule has 1 saturated heterocycles. The van der Waals surface area contributed by atoms with Gasteiger partial charge in [0.2, 0.25) is 0 Å². The van der Waals surface area contributed by atoms with E-state index in [2.05, 4.69) is 0 Å². The van der Waals surface area contributed by atoms with Crippen molar-refractivity contribution < 1.29 is 17.9 Å². The van der Waals surface area contributed by atoms with E-state index in [4.69, 9.17) is 4.74 Å². The highest BCUT2D eigenvalue weighted by molar-refractivity contribution is 7.92.